The Morgan fingerprint density at radius 3 is 2.62 bits per heavy atom. The molecule has 148 valence electrons. The molecule has 1 aromatic carbocycles. The Morgan fingerprint density at radius 2 is 2.03 bits per heavy atom. The van der Waals surface area contributed by atoms with Crippen LogP contribution in [-0.4, -0.2) is 25.2 Å². The maximum absolute atomic E-state index is 12.5. The van der Waals surface area contributed by atoms with Crippen LogP contribution >= 0.6 is 11.8 Å². The Hall–Kier alpha value is -3.24. The van der Waals surface area contributed by atoms with Crippen molar-refractivity contribution in [3.05, 3.63) is 81.8 Å². The molecule has 7 heteroatoms. The molecule has 29 heavy (non-hydrogen) atoms. The first-order valence-corrected chi connectivity index (χ1v) is 9.93. The van der Waals surface area contributed by atoms with Crippen LogP contribution in [0.15, 0.2) is 70.7 Å². The Morgan fingerprint density at radius 1 is 1.28 bits per heavy atom. The van der Waals surface area contributed by atoms with Gasteiger partial charge in [-0.3, -0.25) is 4.98 Å². The number of benzene rings is 1. The normalized spacial score (nSPS) is 16.1. The predicted octanol–water partition coefficient (Wildman–Crippen LogP) is 3.89. The fraction of sp³-hybridized carbons (Fsp3) is 0.227. The summed E-state index contributed by atoms with van der Waals surface area (Å²) in [5.74, 6) is 0.380. The number of carbonyl (C=O) groups excluding carboxylic acids is 1. The van der Waals surface area contributed by atoms with Gasteiger partial charge in [0.15, 0.2) is 0 Å². The van der Waals surface area contributed by atoms with Crippen LogP contribution in [0.25, 0.3) is 0 Å². The highest BCUT2D eigenvalue weighted by atomic mass is 32.2. The lowest BCUT2D eigenvalue weighted by molar-refractivity contribution is -0.136. The van der Waals surface area contributed by atoms with Gasteiger partial charge in [0, 0.05) is 23.8 Å². The standard InChI is InChI=1S/C22H21N3O3S/c1-14-19(22(26)28-3)20(16-6-8-17(27-2)9-7-16)18(11-23)21(25-14)29-13-15-5-4-10-24-12-15/h4-10,12,20,25H,13H2,1-3H3. The van der Waals surface area contributed by atoms with Crippen molar-refractivity contribution >= 4 is 17.7 Å². The first kappa shape index (κ1) is 20.5. The number of nitrogens with one attached hydrogen (secondary N) is 1. The molecule has 3 rings (SSSR count). The largest absolute Gasteiger partial charge is 0.497 e. The maximum atomic E-state index is 12.5. The highest BCUT2D eigenvalue weighted by molar-refractivity contribution is 8.02. The molecule has 6 nitrogen and oxygen atoms in total. The van der Waals surface area contributed by atoms with Gasteiger partial charge in [0.1, 0.15) is 5.75 Å². The number of pyridine rings is 1. The zero-order chi connectivity index (χ0) is 20.8. The van der Waals surface area contributed by atoms with E-state index in [1.54, 1.807) is 19.5 Å². The Labute approximate surface area is 174 Å². The van der Waals surface area contributed by atoms with Crippen molar-refractivity contribution in [3.8, 4) is 11.8 Å². The molecule has 1 atom stereocenters. The molecule has 1 unspecified atom stereocenters. The molecule has 0 aliphatic carbocycles. The smallest absolute Gasteiger partial charge is 0.336 e. The Bertz CT molecular complexity index is 992. The molecule has 0 bridgehead atoms. The summed E-state index contributed by atoms with van der Waals surface area (Å²) in [5.41, 5.74) is 3.45. The molecule has 1 N–H and O–H groups in total. The summed E-state index contributed by atoms with van der Waals surface area (Å²) in [6.45, 7) is 1.82. The van der Waals surface area contributed by atoms with E-state index in [-0.39, 0.29) is 0 Å². The molecule has 0 spiro atoms. The van der Waals surface area contributed by atoms with Crippen LogP contribution in [0.2, 0.25) is 0 Å². The van der Waals surface area contributed by atoms with Gasteiger partial charge in [-0.2, -0.15) is 5.26 Å². The summed E-state index contributed by atoms with van der Waals surface area (Å²) >= 11 is 1.51. The average molecular weight is 407 g/mol. The minimum atomic E-state index is -0.518. The van der Waals surface area contributed by atoms with E-state index in [0.29, 0.717) is 28.3 Å². The van der Waals surface area contributed by atoms with Crippen LogP contribution in [0.1, 0.15) is 24.0 Å². The van der Waals surface area contributed by atoms with Crippen molar-refractivity contribution in [2.24, 2.45) is 0 Å². The minimum absolute atomic E-state index is 0.431. The molecule has 1 aromatic heterocycles. The van der Waals surface area contributed by atoms with Crippen molar-refractivity contribution < 1.29 is 14.3 Å². The van der Waals surface area contributed by atoms with Gasteiger partial charge >= 0.3 is 5.97 Å². The molecule has 0 saturated heterocycles. The lowest BCUT2D eigenvalue weighted by atomic mass is 9.82. The first-order chi connectivity index (χ1) is 14.1. The van der Waals surface area contributed by atoms with E-state index >= 15 is 0 Å². The fourth-order valence-electron chi connectivity index (χ4n) is 3.18. The monoisotopic (exact) mass is 407 g/mol. The highest BCUT2D eigenvalue weighted by Crippen LogP contribution is 2.41. The number of aromatic nitrogens is 1. The van der Waals surface area contributed by atoms with E-state index < -0.39 is 11.9 Å². The number of nitriles is 1. The van der Waals surface area contributed by atoms with Gasteiger partial charge in [-0.1, -0.05) is 18.2 Å². The van der Waals surface area contributed by atoms with Crippen molar-refractivity contribution in [2.75, 3.05) is 14.2 Å². The van der Waals surface area contributed by atoms with Crippen molar-refractivity contribution in [1.29, 1.82) is 5.26 Å². The molecule has 0 fully saturated rings. The minimum Gasteiger partial charge on any atom is -0.497 e. The van der Waals surface area contributed by atoms with Crippen LogP contribution in [0.3, 0.4) is 0 Å². The molecular formula is C22H21N3O3S. The van der Waals surface area contributed by atoms with Crippen molar-refractivity contribution in [2.45, 2.75) is 18.6 Å². The number of ether oxygens (including phenoxy) is 2. The molecule has 1 aliphatic rings. The number of hydrogen-bond acceptors (Lipinski definition) is 7. The van der Waals surface area contributed by atoms with E-state index in [4.69, 9.17) is 9.47 Å². The van der Waals surface area contributed by atoms with Crippen LogP contribution < -0.4 is 10.1 Å². The molecule has 0 saturated carbocycles. The number of rotatable bonds is 6. The number of hydrogen-bond donors (Lipinski definition) is 1. The summed E-state index contributed by atoms with van der Waals surface area (Å²) in [6, 6.07) is 13.5. The second kappa shape index (κ2) is 9.30. The summed E-state index contributed by atoms with van der Waals surface area (Å²) in [6.07, 6.45) is 3.52. The third kappa shape index (κ3) is 4.44. The lowest BCUT2D eigenvalue weighted by Crippen LogP contribution is -2.28. The molecule has 1 aliphatic heterocycles. The lowest BCUT2D eigenvalue weighted by Gasteiger charge is -2.29. The maximum Gasteiger partial charge on any atom is 0.336 e. The zero-order valence-corrected chi connectivity index (χ0v) is 17.2. The predicted molar refractivity (Wildman–Crippen MR) is 112 cm³/mol. The molecule has 0 amide bonds. The summed E-state index contributed by atoms with van der Waals surface area (Å²) in [4.78, 5) is 16.7. The number of methoxy groups -OCH3 is 2. The van der Waals surface area contributed by atoms with E-state index in [9.17, 15) is 10.1 Å². The van der Waals surface area contributed by atoms with Gasteiger partial charge in [0.25, 0.3) is 0 Å². The first-order valence-electron chi connectivity index (χ1n) is 8.95. The fourth-order valence-corrected chi connectivity index (χ4v) is 4.20. The zero-order valence-electron chi connectivity index (χ0n) is 16.4. The summed E-state index contributed by atoms with van der Waals surface area (Å²) in [7, 11) is 2.94. The van der Waals surface area contributed by atoms with Gasteiger partial charge in [0.2, 0.25) is 0 Å². The van der Waals surface area contributed by atoms with Gasteiger partial charge in [-0.05, 0) is 36.2 Å². The molecular weight excluding hydrogens is 386 g/mol. The van der Waals surface area contributed by atoms with Gasteiger partial charge in [-0.25, -0.2) is 4.79 Å². The Kier molecular flexibility index (Phi) is 6.57. The van der Waals surface area contributed by atoms with E-state index in [1.807, 2.05) is 43.3 Å². The van der Waals surface area contributed by atoms with Gasteiger partial charge < -0.3 is 14.8 Å². The number of carbonyl (C=O) groups is 1. The SMILES string of the molecule is COC(=O)C1=C(C)NC(SCc2cccnc2)=C(C#N)C1c1ccc(OC)cc1. The van der Waals surface area contributed by atoms with Crippen LogP contribution in [0.5, 0.6) is 5.75 Å². The number of thioether (sulfide) groups is 1. The second-order valence-electron chi connectivity index (χ2n) is 6.37. The van der Waals surface area contributed by atoms with E-state index in [0.717, 1.165) is 16.2 Å². The van der Waals surface area contributed by atoms with E-state index in [2.05, 4.69) is 16.4 Å². The number of esters is 1. The summed E-state index contributed by atoms with van der Waals surface area (Å²) < 4.78 is 10.2. The van der Waals surface area contributed by atoms with Crippen LogP contribution in [0, 0.1) is 11.3 Å². The Balaban J connectivity index is 2.02. The van der Waals surface area contributed by atoms with E-state index in [1.165, 1.54) is 18.9 Å². The van der Waals surface area contributed by atoms with Crippen LogP contribution in [0.4, 0.5) is 0 Å². The van der Waals surface area contributed by atoms with Crippen LogP contribution in [-0.2, 0) is 15.3 Å². The summed E-state index contributed by atoms with van der Waals surface area (Å²) in [5, 5.41) is 13.9. The van der Waals surface area contributed by atoms with Gasteiger partial charge in [0.05, 0.1) is 42.4 Å². The third-order valence-corrected chi connectivity index (χ3v) is 5.70. The molecule has 2 aromatic rings. The average Bonchev–Trinajstić information content (AvgIpc) is 2.77. The molecule has 2 heterocycles. The van der Waals surface area contributed by atoms with Gasteiger partial charge in [-0.15, -0.1) is 11.8 Å². The number of dihydropyridines is 1. The topological polar surface area (TPSA) is 84.2 Å². The molecule has 0 radical (unpaired) electrons. The number of nitrogens with zero attached hydrogens (tertiary/aromatic N) is 2. The van der Waals surface area contributed by atoms with Crippen molar-refractivity contribution in [1.82, 2.24) is 10.3 Å². The third-order valence-electron chi connectivity index (χ3n) is 4.61. The van der Waals surface area contributed by atoms with Crippen molar-refractivity contribution in [3.63, 3.8) is 0 Å². The number of allylic oxidation sites excluding steroid dienone is 2. The quantitative estimate of drug-likeness (QED) is 0.727. The second-order valence-corrected chi connectivity index (χ2v) is 7.35. The highest BCUT2D eigenvalue weighted by Gasteiger charge is 2.35.